The topological polar surface area (TPSA) is 50.8 Å². The third-order valence-electron chi connectivity index (χ3n) is 4.32. The molecule has 2 atom stereocenters. The average molecular weight is 304 g/mol. The van der Waals surface area contributed by atoms with Gasteiger partial charge in [-0.1, -0.05) is 30.3 Å². The minimum absolute atomic E-state index is 0.00753. The summed E-state index contributed by atoms with van der Waals surface area (Å²) in [5.74, 6) is 0.344. The molecule has 3 rings (SSSR count). The number of carbonyl (C=O) groups is 1. The first-order valence-electron chi connectivity index (χ1n) is 7.98. The van der Waals surface area contributed by atoms with E-state index in [0.29, 0.717) is 19.1 Å². The van der Waals surface area contributed by atoms with Crippen molar-refractivity contribution >= 4 is 5.91 Å². The van der Waals surface area contributed by atoms with Gasteiger partial charge in [-0.05, 0) is 19.0 Å². The number of likely N-dealkylation sites (N-methyl/N-ethyl adjacent to an activating group) is 1. The van der Waals surface area contributed by atoms with Gasteiger partial charge in [0.05, 0.1) is 19.6 Å². The Morgan fingerprint density at radius 2 is 1.95 bits per heavy atom. The number of carbonyl (C=O) groups excluding carboxylic acids is 1. The van der Waals surface area contributed by atoms with Crippen LogP contribution in [0.3, 0.4) is 0 Å². The summed E-state index contributed by atoms with van der Waals surface area (Å²) >= 11 is 0. The number of hydrogen-bond donors (Lipinski definition) is 1. The highest BCUT2D eigenvalue weighted by Crippen LogP contribution is 2.26. The van der Waals surface area contributed by atoms with Crippen molar-refractivity contribution < 1.29 is 14.3 Å². The Bertz CT molecular complexity index is 488. The second-order valence-corrected chi connectivity index (χ2v) is 6.14. The van der Waals surface area contributed by atoms with Gasteiger partial charge in [0.25, 0.3) is 0 Å². The Labute approximate surface area is 131 Å². The Hall–Kier alpha value is -1.43. The molecule has 22 heavy (non-hydrogen) atoms. The molecule has 0 aromatic heterocycles. The standard InChI is InChI=1S/C17H24N2O3/c1-19-11-14(13-6-3-2-4-7-13)15(12-19)18-16(20)10-17-21-8-5-9-22-17/h2-4,6-7,14-15,17H,5,8-12H2,1H3,(H,18,20)/t14-,15+/m0/s1. The van der Waals surface area contributed by atoms with E-state index in [9.17, 15) is 4.79 Å². The molecule has 2 fully saturated rings. The summed E-state index contributed by atoms with van der Waals surface area (Å²) in [5, 5.41) is 3.16. The maximum Gasteiger partial charge on any atom is 0.225 e. The van der Waals surface area contributed by atoms with Crippen molar-refractivity contribution in [3.63, 3.8) is 0 Å². The predicted molar refractivity (Wildman–Crippen MR) is 83.5 cm³/mol. The second-order valence-electron chi connectivity index (χ2n) is 6.14. The van der Waals surface area contributed by atoms with Crippen molar-refractivity contribution in [2.75, 3.05) is 33.4 Å². The third kappa shape index (κ3) is 3.85. The smallest absolute Gasteiger partial charge is 0.225 e. The van der Waals surface area contributed by atoms with E-state index in [0.717, 1.165) is 19.5 Å². The van der Waals surface area contributed by atoms with E-state index in [-0.39, 0.29) is 24.7 Å². The van der Waals surface area contributed by atoms with Crippen LogP contribution in [0, 0.1) is 0 Å². The molecule has 1 N–H and O–H groups in total. The Kier molecular flexibility index (Phi) is 5.08. The summed E-state index contributed by atoms with van der Waals surface area (Å²) < 4.78 is 10.9. The van der Waals surface area contributed by atoms with Gasteiger partial charge in [0.1, 0.15) is 0 Å². The van der Waals surface area contributed by atoms with Crippen LogP contribution in [0.4, 0.5) is 0 Å². The van der Waals surface area contributed by atoms with E-state index in [4.69, 9.17) is 9.47 Å². The lowest BCUT2D eigenvalue weighted by atomic mass is 9.94. The summed E-state index contributed by atoms with van der Waals surface area (Å²) in [6.07, 6.45) is 0.798. The lowest BCUT2D eigenvalue weighted by Gasteiger charge is -2.25. The van der Waals surface area contributed by atoms with Gasteiger partial charge in [0, 0.05) is 25.0 Å². The summed E-state index contributed by atoms with van der Waals surface area (Å²) in [6.45, 7) is 3.19. The van der Waals surface area contributed by atoms with Crippen LogP contribution < -0.4 is 5.32 Å². The van der Waals surface area contributed by atoms with Crippen molar-refractivity contribution in [2.45, 2.75) is 31.1 Å². The first kappa shape index (κ1) is 15.5. The Balaban J connectivity index is 1.58. The third-order valence-corrected chi connectivity index (χ3v) is 4.32. The quantitative estimate of drug-likeness (QED) is 0.912. The zero-order chi connectivity index (χ0) is 15.4. The molecule has 0 bridgehead atoms. The van der Waals surface area contributed by atoms with E-state index in [1.807, 2.05) is 6.07 Å². The number of hydrogen-bond acceptors (Lipinski definition) is 4. The van der Waals surface area contributed by atoms with Crippen molar-refractivity contribution in [1.82, 2.24) is 10.2 Å². The molecule has 0 spiro atoms. The molecule has 1 aromatic carbocycles. The molecule has 0 saturated carbocycles. The van der Waals surface area contributed by atoms with Gasteiger partial charge in [0.2, 0.25) is 5.91 Å². The van der Waals surface area contributed by atoms with Gasteiger partial charge < -0.3 is 19.7 Å². The lowest BCUT2D eigenvalue weighted by molar-refractivity contribution is -0.184. The van der Waals surface area contributed by atoms with E-state index >= 15 is 0 Å². The van der Waals surface area contributed by atoms with Crippen LogP contribution in [-0.2, 0) is 14.3 Å². The molecule has 1 amide bonds. The maximum absolute atomic E-state index is 12.3. The highest BCUT2D eigenvalue weighted by atomic mass is 16.7. The summed E-state index contributed by atoms with van der Waals surface area (Å²) in [7, 11) is 2.09. The van der Waals surface area contributed by atoms with Crippen LogP contribution in [0.25, 0.3) is 0 Å². The summed E-state index contributed by atoms with van der Waals surface area (Å²) in [6, 6.07) is 10.5. The number of amides is 1. The van der Waals surface area contributed by atoms with Crippen LogP contribution in [0.15, 0.2) is 30.3 Å². The lowest BCUT2D eigenvalue weighted by Crippen LogP contribution is -2.42. The largest absolute Gasteiger partial charge is 0.352 e. The molecule has 2 aliphatic rings. The molecule has 2 heterocycles. The second kappa shape index (κ2) is 7.22. The first-order valence-corrected chi connectivity index (χ1v) is 7.98. The molecule has 2 saturated heterocycles. The van der Waals surface area contributed by atoms with Gasteiger partial charge in [0.15, 0.2) is 6.29 Å². The predicted octanol–water partition coefficient (Wildman–Crippen LogP) is 1.35. The van der Waals surface area contributed by atoms with Gasteiger partial charge in [-0.2, -0.15) is 0 Å². The molecule has 5 nitrogen and oxygen atoms in total. The summed E-state index contributed by atoms with van der Waals surface area (Å²) in [5.41, 5.74) is 1.28. The molecular formula is C17H24N2O3. The number of likely N-dealkylation sites (tertiary alicyclic amines) is 1. The molecule has 1 aromatic rings. The molecule has 0 aliphatic carbocycles. The fourth-order valence-corrected chi connectivity index (χ4v) is 3.26. The molecule has 0 unspecified atom stereocenters. The normalized spacial score (nSPS) is 27.0. The number of benzene rings is 1. The van der Waals surface area contributed by atoms with E-state index < -0.39 is 0 Å². The SMILES string of the molecule is CN1C[C@@H](NC(=O)CC2OCCCO2)[C@H](c2ccccc2)C1. The fraction of sp³-hybridized carbons (Fsp3) is 0.588. The van der Waals surface area contributed by atoms with Crippen LogP contribution in [0.5, 0.6) is 0 Å². The van der Waals surface area contributed by atoms with Gasteiger partial charge in [-0.3, -0.25) is 4.79 Å². The monoisotopic (exact) mass is 304 g/mol. The van der Waals surface area contributed by atoms with Gasteiger partial charge in [-0.15, -0.1) is 0 Å². The molecular weight excluding hydrogens is 280 g/mol. The zero-order valence-electron chi connectivity index (χ0n) is 13.0. The molecule has 5 heteroatoms. The van der Waals surface area contributed by atoms with Crippen molar-refractivity contribution in [1.29, 1.82) is 0 Å². The van der Waals surface area contributed by atoms with Crippen LogP contribution in [0.1, 0.15) is 24.3 Å². The molecule has 120 valence electrons. The van der Waals surface area contributed by atoms with E-state index in [1.54, 1.807) is 0 Å². The van der Waals surface area contributed by atoms with Crippen molar-refractivity contribution in [2.24, 2.45) is 0 Å². The van der Waals surface area contributed by atoms with Crippen molar-refractivity contribution in [3.8, 4) is 0 Å². The molecule has 2 aliphatic heterocycles. The van der Waals surface area contributed by atoms with Crippen LogP contribution >= 0.6 is 0 Å². The van der Waals surface area contributed by atoms with E-state index in [2.05, 4.69) is 41.5 Å². The highest BCUT2D eigenvalue weighted by molar-refractivity contribution is 5.76. The average Bonchev–Trinajstić information content (AvgIpc) is 2.89. The maximum atomic E-state index is 12.3. The number of nitrogens with one attached hydrogen (secondary N) is 1. The highest BCUT2D eigenvalue weighted by Gasteiger charge is 2.33. The van der Waals surface area contributed by atoms with Crippen LogP contribution in [-0.4, -0.2) is 56.5 Å². The van der Waals surface area contributed by atoms with E-state index in [1.165, 1.54) is 5.56 Å². The Morgan fingerprint density at radius 3 is 2.68 bits per heavy atom. The van der Waals surface area contributed by atoms with Crippen molar-refractivity contribution in [3.05, 3.63) is 35.9 Å². The number of rotatable bonds is 4. The minimum atomic E-state index is -0.386. The molecule has 0 radical (unpaired) electrons. The Morgan fingerprint density at radius 1 is 1.23 bits per heavy atom. The van der Waals surface area contributed by atoms with Gasteiger partial charge in [-0.25, -0.2) is 0 Å². The minimum Gasteiger partial charge on any atom is -0.352 e. The van der Waals surface area contributed by atoms with Crippen LogP contribution in [0.2, 0.25) is 0 Å². The fourth-order valence-electron chi connectivity index (χ4n) is 3.26. The first-order chi connectivity index (χ1) is 10.7. The van der Waals surface area contributed by atoms with Gasteiger partial charge >= 0.3 is 0 Å². The summed E-state index contributed by atoms with van der Waals surface area (Å²) in [4.78, 5) is 14.5. The zero-order valence-corrected chi connectivity index (χ0v) is 13.0. The number of ether oxygens (including phenoxy) is 2. The number of nitrogens with zero attached hydrogens (tertiary/aromatic N) is 1.